The van der Waals surface area contributed by atoms with Gasteiger partial charge in [0.1, 0.15) is 6.61 Å². The Hall–Kier alpha value is -2.27. The van der Waals surface area contributed by atoms with Gasteiger partial charge in [-0.15, -0.1) is 11.8 Å². The molecule has 0 spiro atoms. The van der Waals surface area contributed by atoms with Crippen molar-refractivity contribution in [2.24, 2.45) is 11.8 Å². The van der Waals surface area contributed by atoms with Crippen LogP contribution in [0.5, 0.6) is 0 Å². The van der Waals surface area contributed by atoms with Crippen molar-refractivity contribution in [2.75, 3.05) is 6.61 Å². The molecule has 0 radical (unpaired) electrons. The van der Waals surface area contributed by atoms with Crippen molar-refractivity contribution < 1.29 is 14.3 Å². The number of benzene rings is 2. The average Bonchev–Trinajstić information content (AvgIpc) is 3.08. The molecule has 2 aromatic rings. The van der Waals surface area contributed by atoms with E-state index in [1.54, 1.807) is 11.8 Å². The molecule has 1 saturated heterocycles. The molecule has 0 aliphatic carbocycles. The van der Waals surface area contributed by atoms with E-state index in [9.17, 15) is 9.59 Å². The Labute approximate surface area is 164 Å². The third-order valence-electron chi connectivity index (χ3n) is 4.89. The number of ether oxygens (including phenoxy) is 1. The van der Waals surface area contributed by atoms with Crippen LogP contribution in [0.2, 0.25) is 0 Å². The van der Waals surface area contributed by atoms with Gasteiger partial charge in [0.25, 0.3) is 0 Å². The van der Waals surface area contributed by atoms with E-state index in [0.29, 0.717) is 0 Å². The van der Waals surface area contributed by atoms with Crippen LogP contribution in [0.15, 0.2) is 65.6 Å². The molecule has 1 fully saturated rings. The Morgan fingerprint density at radius 2 is 1.63 bits per heavy atom. The van der Waals surface area contributed by atoms with Gasteiger partial charge in [-0.2, -0.15) is 0 Å². The van der Waals surface area contributed by atoms with E-state index in [4.69, 9.17) is 4.74 Å². The number of nitrogens with zero attached hydrogens (tertiary/aromatic N) is 1. The number of imide groups is 1. The molecule has 1 aliphatic rings. The fourth-order valence-electron chi connectivity index (χ4n) is 3.28. The second-order valence-corrected chi connectivity index (χ2v) is 8.36. The van der Waals surface area contributed by atoms with Gasteiger partial charge in [-0.05, 0) is 23.6 Å². The first-order valence-corrected chi connectivity index (χ1v) is 10.1. The highest BCUT2D eigenvalue weighted by Gasteiger charge is 2.43. The van der Waals surface area contributed by atoms with Gasteiger partial charge in [-0.3, -0.25) is 4.79 Å². The van der Waals surface area contributed by atoms with Gasteiger partial charge >= 0.3 is 6.09 Å². The van der Waals surface area contributed by atoms with Crippen LogP contribution >= 0.6 is 11.8 Å². The van der Waals surface area contributed by atoms with Gasteiger partial charge in [-0.1, -0.05) is 69.3 Å². The Bertz CT molecular complexity index is 779. The van der Waals surface area contributed by atoms with E-state index in [1.807, 2.05) is 81.4 Å². The molecule has 27 heavy (non-hydrogen) atoms. The van der Waals surface area contributed by atoms with E-state index in [0.717, 1.165) is 10.5 Å². The third-order valence-corrected chi connectivity index (χ3v) is 6.37. The van der Waals surface area contributed by atoms with Crippen LogP contribution in [0.1, 0.15) is 31.6 Å². The van der Waals surface area contributed by atoms with E-state index in [-0.39, 0.29) is 35.6 Å². The fourth-order valence-corrected chi connectivity index (χ4v) is 4.50. The van der Waals surface area contributed by atoms with Crippen molar-refractivity contribution in [3.63, 3.8) is 0 Å². The molecule has 3 rings (SSSR count). The summed E-state index contributed by atoms with van der Waals surface area (Å²) >= 11 is 1.65. The maximum absolute atomic E-state index is 13.3. The smallest absolute Gasteiger partial charge is 0.416 e. The summed E-state index contributed by atoms with van der Waals surface area (Å²) in [5.41, 5.74) is 1.07. The van der Waals surface area contributed by atoms with Crippen molar-refractivity contribution >= 4 is 23.8 Å². The van der Waals surface area contributed by atoms with Crippen LogP contribution in [-0.4, -0.2) is 29.5 Å². The Morgan fingerprint density at radius 3 is 2.22 bits per heavy atom. The van der Waals surface area contributed by atoms with E-state index < -0.39 is 6.09 Å². The first kappa shape index (κ1) is 19.5. The summed E-state index contributed by atoms with van der Waals surface area (Å²) in [5, 5.41) is -0.0951. The van der Waals surface area contributed by atoms with Crippen LogP contribution in [0.25, 0.3) is 0 Å². The van der Waals surface area contributed by atoms with Gasteiger partial charge < -0.3 is 4.74 Å². The lowest BCUT2D eigenvalue weighted by Gasteiger charge is -2.29. The normalized spacial score (nSPS) is 19.0. The summed E-state index contributed by atoms with van der Waals surface area (Å²) in [6, 6.07) is 19.8. The van der Waals surface area contributed by atoms with Gasteiger partial charge in [0.15, 0.2) is 0 Å². The molecule has 0 unspecified atom stereocenters. The van der Waals surface area contributed by atoms with E-state index in [2.05, 4.69) is 0 Å². The van der Waals surface area contributed by atoms with Gasteiger partial charge in [0, 0.05) is 10.1 Å². The lowest BCUT2D eigenvalue weighted by molar-refractivity contribution is -0.133. The van der Waals surface area contributed by atoms with Crippen LogP contribution in [-0.2, 0) is 9.53 Å². The van der Waals surface area contributed by atoms with Gasteiger partial charge in [-0.25, -0.2) is 9.69 Å². The second-order valence-electron chi connectivity index (χ2n) is 7.15. The highest BCUT2D eigenvalue weighted by Crippen LogP contribution is 2.42. The molecule has 0 aromatic heterocycles. The van der Waals surface area contributed by atoms with Crippen molar-refractivity contribution in [3.05, 3.63) is 66.2 Å². The zero-order valence-corrected chi connectivity index (χ0v) is 16.7. The first-order chi connectivity index (χ1) is 13.0. The summed E-state index contributed by atoms with van der Waals surface area (Å²) in [6.07, 6.45) is -0.526. The van der Waals surface area contributed by atoms with Crippen molar-refractivity contribution in [1.82, 2.24) is 4.90 Å². The van der Waals surface area contributed by atoms with Crippen molar-refractivity contribution in [1.29, 1.82) is 0 Å². The second kappa shape index (κ2) is 8.61. The maximum atomic E-state index is 13.3. The molecule has 0 bridgehead atoms. The minimum absolute atomic E-state index is 0.0951. The lowest BCUT2D eigenvalue weighted by Crippen LogP contribution is -2.45. The molecule has 142 valence electrons. The average molecular weight is 384 g/mol. The zero-order chi connectivity index (χ0) is 19.4. The number of cyclic esters (lactones) is 1. The topological polar surface area (TPSA) is 46.6 Å². The molecule has 2 aromatic carbocycles. The lowest BCUT2D eigenvalue weighted by atomic mass is 9.97. The molecule has 4 nitrogen and oxygen atoms in total. The molecular formula is C22H25NO3S. The monoisotopic (exact) mass is 383 g/mol. The number of carbonyl (C=O) groups is 2. The largest absolute Gasteiger partial charge is 0.447 e. The third kappa shape index (κ3) is 4.35. The number of hydrogen-bond acceptors (Lipinski definition) is 4. The van der Waals surface area contributed by atoms with E-state index in [1.165, 1.54) is 4.90 Å². The SMILES string of the molecule is CC(C)[C@H]1COC(=O)N1C(=O)[C@H](C)[C@@H](Sc1ccccc1)c1ccccc1. The van der Waals surface area contributed by atoms with Crippen LogP contribution in [0, 0.1) is 11.8 Å². The van der Waals surface area contributed by atoms with Crippen LogP contribution in [0.4, 0.5) is 4.79 Å². The van der Waals surface area contributed by atoms with Gasteiger partial charge in [0.05, 0.1) is 12.0 Å². The summed E-state index contributed by atoms with van der Waals surface area (Å²) < 4.78 is 5.17. The minimum atomic E-state index is -0.526. The number of amides is 2. The fraction of sp³-hybridized carbons (Fsp3) is 0.364. The standard InChI is InChI=1S/C22H25NO3S/c1-15(2)19-14-26-22(25)23(19)21(24)16(3)20(17-10-6-4-7-11-17)27-18-12-8-5-9-13-18/h4-13,15-16,19-20H,14H2,1-3H3/t16-,19-,20-/m1/s1. The number of thioether (sulfide) groups is 1. The molecule has 0 saturated carbocycles. The zero-order valence-electron chi connectivity index (χ0n) is 15.9. The summed E-state index contributed by atoms with van der Waals surface area (Å²) in [4.78, 5) is 27.9. The van der Waals surface area contributed by atoms with Gasteiger partial charge in [0.2, 0.25) is 5.91 Å². The summed E-state index contributed by atoms with van der Waals surface area (Å²) in [5.74, 6) is -0.387. The highest BCUT2D eigenvalue weighted by molar-refractivity contribution is 7.99. The summed E-state index contributed by atoms with van der Waals surface area (Å²) in [6.45, 7) is 6.19. The number of hydrogen-bond donors (Lipinski definition) is 0. The molecule has 1 aliphatic heterocycles. The number of rotatable bonds is 6. The Kier molecular flexibility index (Phi) is 6.22. The maximum Gasteiger partial charge on any atom is 0.416 e. The Balaban J connectivity index is 1.89. The van der Waals surface area contributed by atoms with Crippen molar-refractivity contribution in [3.8, 4) is 0 Å². The first-order valence-electron chi connectivity index (χ1n) is 9.25. The van der Waals surface area contributed by atoms with Crippen LogP contribution < -0.4 is 0 Å². The molecular weight excluding hydrogens is 358 g/mol. The minimum Gasteiger partial charge on any atom is -0.447 e. The molecule has 3 atom stereocenters. The summed E-state index contributed by atoms with van der Waals surface area (Å²) in [7, 11) is 0. The van der Waals surface area contributed by atoms with Crippen molar-refractivity contribution in [2.45, 2.75) is 37.0 Å². The predicted octanol–water partition coefficient (Wildman–Crippen LogP) is 5.16. The van der Waals surface area contributed by atoms with Crippen LogP contribution in [0.3, 0.4) is 0 Å². The Morgan fingerprint density at radius 1 is 1.04 bits per heavy atom. The molecule has 1 heterocycles. The number of carbonyl (C=O) groups excluding carboxylic acids is 2. The molecule has 5 heteroatoms. The molecule has 2 amide bonds. The molecule has 0 N–H and O–H groups in total. The predicted molar refractivity (Wildman–Crippen MR) is 107 cm³/mol. The quantitative estimate of drug-likeness (QED) is 0.647. The van der Waals surface area contributed by atoms with E-state index >= 15 is 0 Å². The highest BCUT2D eigenvalue weighted by atomic mass is 32.2.